The van der Waals surface area contributed by atoms with Gasteiger partial charge in [-0.2, -0.15) is 4.31 Å². The number of likely N-dealkylation sites (N-methyl/N-ethyl adjacent to an activating group) is 1. The summed E-state index contributed by atoms with van der Waals surface area (Å²) in [6, 6.07) is -0.114. The molecule has 96 valence electrons. The molecule has 0 aromatic heterocycles. The van der Waals surface area contributed by atoms with Gasteiger partial charge in [-0.3, -0.25) is 0 Å². The summed E-state index contributed by atoms with van der Waals surface area (Å²) in [6.07, 6.45) is 1.67. The van der Waals surface area contributed by atoms with Gasteiger partial charge in [0.25, 0.3) is 0 Å². The molecule has 1 atom stereocenters. The first kappa shape index (κ1) is 13.9. The number of nitrogens with one attached hydrogen (secondary N) is 1. The zero-order valence-electron chi connectivity index (χ0n) is 9.51. The Morgan fingerprint density at radius 2 is 1.94 bits per heavy atom. The van der Waals surface area contributed by atoms with Crippen molar-refractivity contribution < 1.29 is 16.8 Å². The van der Waals surface area contributed by atoms with Crippen molar-refractivity contribution in [3.63, 3.8) is 0 Å². The van der Waals surface area contributed by atoms with E-state index in [1.165, 1.54) is 4.31 Å². The van der Waals surface area contributed by atoms with Crippen LogP contribution in [0.25, 0.3) is 0 Å². The molecule has 1 unspecified atom stereocenters. The van der Waals surface area contributed by atoms with E-state index in [4.69, 9.17) is 0 Å². The summed E-state index contributed by atoms with van der Waals surface area (Å²) >= 11 is 0. The molecule has 1 aliphatic rings. The summed E-state index contributed by atoms with van der Waals surface area (Å²) < 4.78 is 47.2. The molecular formula is C8H18N2O4S2. The molecule has 0 amide bonds. The number of sulfone groups is 1. The first-order valence-corrected chi connectivity index (χ1v) is 8.81. The Balaban J connectivity index is 2.86. The van der Waals surface area contributed by atoms with E-state index in [9.17, 15) is 16.8 Å². The van der Waals surface area contributed by atoms with Crippen molar-refractivity contribution in [1.82, 2.24) is 9.62 Å². The van der Waals surface area contributed by atoms with Gasteiger partial charge in [-0.15, -0.1) is 0 Å². The van der Waals surface area contributed by atoms with Crippen LogP contribution in [0, 0.1) is 0 Å². The van der Waals surface area contributed by atoms with Crippen molar-refractivity contribution in [1.29, 1.82) is 0 Å². The van der Waals surface area contributed by atoms with E-state index >= 15 is 0 Å². The van der Waals surface area contributed by atoms with Gasteiger partial charge in [0.1, 0.15) is 0 Å². The Labute approximate surface area is 97.0 Å². The van der Waals surface area contributed by atoms with Crippen LogP contribution in [0.3, 0.4) is 0 Å². The van der Waals surface area contributed by atoms with Crippen molar-refractivity contribution >= 4 is 19.9 Å². The minimum Gasteiger partial charge on any atom is -0.315 e. The normalized spacial score (nSPS) is 22.8. The predicted molar refractivity (Wildman–Crippen MR) is 62.3 cm³/mol. The largest absolute Gasteiger partial charge is 0.315 e. The smallest absolute Gasteiger partial charge is 0.228 e. The molecule has 1 N–H and O–H groups in total. The fourth-order valence-electron chi connectivity index (χ4n) is 1.91. The maximum absolute atomic E-state index is 11.9. The second kappa shape index (κ2) is 4.99. The Hall–Kier alpha value is -0.180. The molecule has 8 heteroatoms. The Bertz CT molecular complexity index is 423. The standard InChI is InChI=1S/C8H18N2O4S2/c1-3-10(8-4-5-9-6-8)16(13,14)7-15(2,11)12/h8-9H,3-7H2,1-2H3. The average Bonchev–Trinajstić information content (AvgIpc) is 2.52. The summed E-state index contributed by atoms with van der Waals surface area (Å²) in [5.41, 5.74) is 0. The van der Waals surface area contributed by atoms with Crippen LogP contribution in [0.2, 0.25) is 0 Å². The number of sulfonamides is 1. The molecule has 0 aromatic rings. The SMILES string of the molecule is CCN(C1CCNC1)S(=O)(=O)CS(C)(=O)=O. The summed E-state index contributed by atoms with van der Waals surface area (Å²) in [4.78, 5) is 0. The highest BCUT2D eigenvalue weighted by atomic mass is 32.3. The van der Waals surface area contributed by atoms with E-state index in [1.807, 2.05) is 0 Å². The van der Waals surface area contributed by atoms with Crippen molar-refractivity contribution in [3.8, 4) is 0 Å². The van der Waals surface area contributed by atoms with Crippen LogP contribution in [0.4, 0.5) is 0 Å². The Morgan fingerprint density at radius 1 is 1.31 bits per heavy atom. The van der Waals surface area contributed by atoms with Gasteiger partial charge in [-0.25, -0.2) is 16.8 Å². The minimum atomic E-state index is -3.71. The lowest BCUT2D eigenvalue weighted by Crippen LogP contribution is -2.43. The van der Waals surface area contributed by atoms with E-state index in [-0.39, 0.29) is 6.04 Å². The van der Waals surface area contributed by atoms with Gasteiger partial charge in [0, 0.05) is 25.4 Å². The van der Waals surface area contributed by atoms with Gasteiger partial charge in [0.05, 0.1) is 0 Å². The van der Waals surface area contributed by atoms with E-state index in [2.05, 4.69) is 5.32 Å². The third kappa shape index (κ3) is 3.69. The van der Waals surface area contributed by atoms with E-state index in [1.54, 1.807) is 6.92 Å². The molecule has 0 radical (unpaired) electrons. The van der Waals surface area contributed by atoms with Crippen molar-refractivity contribution in [2.75, 3.05) is 31.0 Å². The van der Waals surface area contributed by atoms with Crippen LogP contribution in [0.15, 0.2) is 0 Å². The van der Waals surface area contributed by atoms with Crippen LogP contribution in [-0.4, -0.2) is 58.2 Å². The van der Waals surface area contributed by atoms with Crippen molar-refractivity contribution in [2.24, 2.45) is 0 Å². The number of hydrogen-bond acceptors (Lipinski definition) is 5. The molecule has 0 bridgehead atoms. The molecule has 1 heterocycles. The van der Waals surface area contributed by atoms with E-state index < -0.39 is 24.9 Å². The second-order valence-electron chi connectivity index (χ2n) is 4.01. The van der Waals surface area contributed by atoms with Gasteiger partial charge in [-0.05, 0) is 13.0 Å². The highest BCUT2D eigenvalue weighted by Gasteiger charge is 2.32. The van der Waals surface area contributed by atoms with Crippen LogP contribution in [-0.2, 0) is 19.9 Å². The highest BCUT2D eigenvalue weighted by Crippen LogP contribution is 2.14. The molecule has 16 heavy (non-hydrogen) atoms. The maximum atomic E-state index is 11.9. The van der Waals surface area contributed by atoms with Gasteiger partial charge < -0.3 is 5.32 Å². The second-order valence-corrected chi connectivity index (χ2v) is 8.43. The quantitative estimate of drug-likeness (QED) is 0.693. The minimum absolute atomic E-state index is 0.114. The molecule has 0 aromatic carbocycles. The monoisotopic (exact) mass is 270 g/mol. The zero-order chi connectivity index (χ0) is 12.4. The summed E-state index contributed by atoms with van der Waals surface area (Å²) in [5.74, 6) is 0. The molecule has 1 saturated heterocycles. The fourth-order valence-corrected chi connectivity index (χ4v) is 5.64. The first-order chi connectivity index (χ1) is 7.26. The third-order valence-electron chi connectivity index (χ3n) is 2.47. The van der Waals surface area contributed by atoms with E-state index in [0.29, 0.717) is 13.1 Å². The number of hydrogen-bond donors (Lipinski definition) is 1. The summed E-state index contributed by atoms with van der Waals surface area (Å²) in [5, 5.41) is 2.27. The average molecular weight is 270 g/mol. The van der Waals surface area contributed by atoms with Crippen LogP contribution < -0.4 is 5.32 Å². The van der Waals surface area contributed by atoms with Crippen LogP contribution in [0.1, 0.15) is 13.3 Å². The summed E-state index contributed by atoms with van der Waals surface area (Å²) in [6.45, 7) is 3.40. The Morgan fingerprint density at radius 3 is 2.31 bits per heavy atom. The molecular weight excluding hydrogens is 252 g/mol. The van der Waals surface area contributed by atoms with Crippen LogP contribution >= 0.6 is 0 Å². The molecule has 0 spiro atoms. The van der Waals surface area contributed by atoms with E-state index in [0.717, 1.165) is 19.2 Å². The third-order valence-corrected chi connectivity index (χ3v) is 6.65. The lowest BCUT2D eigenvalue weighted by Gasteiger charge is -2.25. The fraction of sp³-hybridized carbons (Fsp3) is 1.00. The highest BCUT2D eigenvalue weighted by molar-refractivity contribution is 8.06. The van der Waals surface area contributed by atoms with Crippen molar-refractivity contribution in [2.45, 2.75) is 19.4 Å². The lowest BCUT2D eigenvalue weighted by molar-refractivity contribution is 0.350. The van der Waals surface area contributed by atoms with Gasteiger partial charge in [0.2, 0.25) is 10.0 Å². The Kier molecular flexibility index (Phi) is 4.33. The molecule has 1 rings (SSSR count). The van der Waals surface area contributed by atoms with Crippen molar-refractivity contribution in [3.05, 3.63) is 0 Å². The van der Waals surface area contributed by atoms with Gasteiger partial charge >= 0.3 is 0 Å². The molecule has 0 aliphatic carbocycles. The van der Waals surface area contributed by atoms with Gasteiger partial charge in [0.15, 0.2) is 14.9 Å². The first-order valence-electron chi connectivity index (χ1n) is 5.14. The van der Waals surface area contributed by atoms with Gasteiger partial charge in [-0.1, -0.05) is 6.92 Å². The number of rotatable bonds is 5. The zero-order valence-corrected chi connectivity index (χ0v) is 11.1. The molecule has 0 saturated carbocycles. The maximum Gasteiger partial charge on any atom is 0.228 e. The number of nitrogens with zero attached hydrogens (tertiary/aromatic N) is 1. The predicted octanol–water partition coefficient (Wildman–Crippen LogP) is -0.998. The summed E-state index contributed by atoms with van der Waals surface area (Å²) in [7, 11) is -7.22. The molecule has 6 nitrogen and oxygen atoms in total. The molecule has 1 fully saturated rings. The molecule has 1 aliphatic heterocycles. The lowest BCUT2D eigenvalue weighted by atomic mass is 10.3. The van der Waals surface area contributed by atoms with Crippen LogP contribution in [0.5, 0.6) is 0 Å². The topological polar surface area (TPSA) is 83.6 Å².